The highest BCUT2D eigenvalue weighted by molar-refractivity contribution is 5.97. The Hall–Kier alpha value is -2.09. The van der Waals surface area contributed by atoms with Gasteiger partial charge in [-0.2, -0.15) is 13.2 Å². The minimum atomic E-state index is -4.47. The SMILES string of the molecule is CC1(C(=O)O)CN(c2ccc(C(F)(F)F)cc2)C(=O)CO1. The summed E-state index contributed by atoms with van der Waals surface area (Å²) in [5, 5.41) is 9.09. The van der Waals surface area contributed by atoms with Crippen LogP contribution in [0.4, 0.5) is 18.9 Å². The molecule has 1 aliphatic rings. The number of morpholine rings is 1. The van der Waals surface area contributed by atoms with Crippen molar-refractivity contribution in [2.45, 2.75) is 18.7 Å². The summed E-state index contributed by atoms with van der Waals surface area (Å²) in [7, 11) is 0. The van der Waals surface area contributed by atoms with Gasteiger partial charge in [-0.05, 0) is 31.2 Å². The average molecular weight is 303 g/mol. The zero-order chi connectivity index (χ0) is 15.8. The van der Waals surface area contributed by atoms with Gasteiger partial charge in [0.25, 0.3) is 5.91 Å². The van der Waals surface area contributed by atoms with E-state index in [-0.39, 0.29) is 12.2 Å². The summed E-state index contributed by atoms with van der Waals surface area (Å²) in [6, 6.07) is 3.95. The van der Waals surface area contributed by atoms with Crippen LogP contribution in [0.5, 0.6) is 0 Å². The molecule has 1 aliphatic heterocycles. The summed E-state index contributed by atoms with van der Waals surface area (Å²) in [5.74, 6) is -1.75. The zero-order valence-corrected chi connectivity index (χ0v) is 11.0. The van der Waals surface area contributed by atoms with Crippen LogP contribution >= 0.6 is 0 Å². The van der Waals surface area contributed by atoms with E-state index >= 15 is 0 Å². The van der Waals surface area contributed by atoms with E-state index in [9.17, 15) is 22.8 Å². The third-order valence-corrected chi connectivity index (χ3v) is 3.23. The summed E-state index contributed by atoms with van der Waals surface area (Å²) in [5.41, 5.74) is -2.23. The maximum Gasteiger partial charge on any atom is 0.416 e. The Kier molecular flexibility index (Phi) is 3.66. The molecule has 1 atom stereocenters. The second kappa shape index (κ2) is 5.03. The fourth-order valence-electron chi connectivity index (χ4n) is 1.93. The van der Waals surface area contributed by atoms with Gasteiger partial charge in [-0.1, -0.05) is 0 Å². The quantitative estimate of drug-likeness (QED) is 0.906. The van der Waals surface area contributed by atoms with E-state index in [2.05, 4.69) is 0 Å². The van der Waals surface area contributed by atoms with Crippen molar-refractivity contribution in [1.29, 1.82) is 0 Å². The number of carboxylic acid groups (broad SMARTS) is 1. The Labute approximate surface area is 117 Å². The van der Waals surface area contributed by atoms with Crippen molar-refractivity contribution >= 4 is 17.6 Å². The number of carbonyl (C=O) groups is 2. The van der Waals surface area contributed by atoms with E-state index in [1.165, 1.54) is 6.92 Å². The Morgan fingerprint density at radius 2 is 1.90 bits per heavy atom. The number of aliphatic carboxylic acids is 1. The van der Waals surface area contributed by atoms with Crippen LogP contribution in [0.1, 0.15) is 12.5 Å². The molecule has 1 unspecified atom stereocenters. The van der Waals surface area contributed by atoms with Crippen molar-refractivity contribution in [3.05, 3.63) is 29.8 Å². The number of nitrogens with zero attached hydrogens (tertiary/aromatic N) is 1. The predicted molar refractivity (Wildman–Crippen MR) is 65.8 cm³/mol. The monoisotopic (exact) mass is 303 g/mol. The lowest BCUT2D eigenvalue weighted by atomic mass is 10.0. The van der Waals surface area contributed by atoms with Gasteiger partial charge in [-0.3, -0.25) is 4.79 Å². The molecule has 114 valence electrons. The maximum atomic E-state index is 12.5. The third kappa shape index (κ3) is 2.99. The molecule has 8 heteroatoms. The second-order valence-electron chi connectivity index (χ2n) is 4.85. The lowest BCUT2D eigenvalue weighted by Crippen LogP contribution is -2.57. The highest BCUT2D eigenvalue weighted by atomic mass is 19.4. The van der Waals surface area contributed by atoms with Crippen LogP contribution in [0.25, 0.3) is 0 Å². The highest BCUT2D eigenvalue weighted by Crippen LogP contribution is 2.31. The van der Waals surface area contributed by atoms with Crippen molar-refractivity contribution < 1.29 is 32.6 Å². The molecule has 1 fully saturated rings. The molecule has 1 aromatic carbocycles. The van der Waals surface area contributed by atoms with Gasteiger partial charge >= 0.3 is 12.1 Å². The first-order chi connectivity index (χ1) is 9.63. The van der Waals surface area contributed by atoms with Crippen LogP contribution in [0.15, 0.2) is 24.3 Å². The smallest absolute Gasteiger partial charge is 0.416 e. The molecule has 1 heterocycles. The van der Waals surface area contributed by atoms with Crippen LogP contribution in [-0.2, 0) is 20.5 Å². The Balaban J connectivity index is 2.27. The number of rotatable bonds is 2. The van der Waals surface area contributed by atoms with E-state index < -0.39 is 35.8 Å². The molecular formula is C13H12F3NO4. The molecule has 0 aromatic heterocycles. The normalized spacial score (nSPS) is 23.2. The van der Waals surface area contributed by atoms with Gasteiger partial charge < -0.3 is 14.7 Å². The molecule has 21 heavy (non-hydrogen) atoms. The minimum Gasteiger partial charge on any atom is -0.479 e. The molecule has 0 aliphatic carbocycles. The zero-order valence-electron chi connectivity index (χ0n) is 11.0. The Morgan fingerprint density at radius 1 is 1.33 bits per heavy atom. The minimum absolute atomic E-state index is 0.198. The molecule has 0 spiro atoms. The van der Waals surface area contributed by atoms with Gasteiger partial charge in [-0.25, -0.2) is 4.79 Å². The van der Waals surface area contributed by atoms with Crippen molar-refractivity contribution in [3.63, 3.8) is 0 Å². The van der Waals surface area contributed by atoms with E-state index in [4.69, 9.17) is 9.84 Å². The number of carbonyl (C=O) groups excluding carboxylic acids is 1. The molecule has 2 rings (SSSR count). The molecule has 1 amide bonds. The van der Waals surface area contributed by atoms with Crippen molar-refractivity contribution in [2.24, 2.45) is 0 Å². The van der Waals surface area contributed by atoms with Crippen LogP contribution < -0.4 is 4.90 Å². The number of ether oxygens (including phenoxy) is 1. The Bertz CT molecular complexity index is 570. The fraction of sp³-hybridized carbons (Fsp3) is 0.385. The van der Waals surface area contributed by atoms with Crippen LogP contribution in [0.2, 0.25) is 0 Å². The van der Waals surface area contributed by atoms with Gasteiger partial charge in [0.1, 0.15) is 6.61 Å². The summed E-state index contributed by atoms with van der Waals surface area (Å²) in [6.45, 7) is 0.592. The van der Waals surface area contributed by atoms with Gasteiger partial charge in [0.2, 0.25) is 0 Å². The number of anilines is 1. The van der Waals surface area contributed by atoms with Crippen molar-refractivity contribution in [2.75, 3.05) is 18.1 Å². The number of benzene rings is 1. The summed E-state index contributed by atoms with van der Waals surface area (Å²) < 4.78 is 42.5. The number of amides is 1. The molecule has 0 radical (unpaired) electrons. The van der Waals surface area contributed by atoms with Crippen LogP contribution in [-0.4, -0.2) is 35.7 Å². The van der Waals surface area contributed by atoms with Crippen LogP contribution in [0, 0.1) is 0 Å². The number of alkyl halides is 3. The third-order valence-electron chi connectivity index (χ3n) is 3.23. The first-order valence-corrected chi connectivity index (χ1v) is 5.98. The van der Waals surface area contributed by atoms with Crippen LogP contribution in [0.3, 0.4) is 0 Å². The standard InChI is InChI=1S/C13H12F3NO4/c1-12(11(19)20)7-17(10(18)6-21-12)9-4-2-8(3-5-9)13(14,15)16/h2-5H,6-7H2,1H3,(H,19,20). The Morgan fingerprint density at radius 3 is 2.38 bits per heavy atom. The molecule has 1 saturated heterocycles. The summed E-state index contributed by atoms with van der Waals surface area (Å²) >= 11 is 0. The topological polar surface area (TPSA) is 66.8 Å². The van der Waals surface area contributed by atoms with E-state index in [1.807, 2.05) is 0 Å². The molecule has 1 aromatic rings. The van der Waals surface area contributed by atoms with Gasteiger partial charge in [-0.15, -0.1) is 0 Å². The summed E-state index contributed by atoms with van der Waals surface area (Å²) in [4.78, 5) is 24.0. The first kappa shape index (κ1) is 15.3. The molecule has 0 saturated carbocycles. The van der Waals surface area contributed by atoms with E-state index in [1.54, 1.807) is 0 Å². The number of hydrogen-bond donors (Lipinski definition) is 1. The van der Waals surface area contributed by atoms with Gasteiger partial charge in [0.05, 0.1) is 12.1 Å². The van der Waals surface area contributed by atoms with E-state index in [0.717, 1.165) is 29.2 Å². The molecular weight excluding hydrogens is 291 g/mol. The predicted octanol–water partition coefficient (Wildman–Crippen LogP) is 1.91. The lowest BCUT2D eigenvalue weighted by molar-refractivity contribution is -0.168. The number of hydrogen-bond acceptors (Lipinski definition) is 3. The first-order valence-electron chi connectivity index (χ1n) is 5.98. The molecule has 0 bridgehead atoms. The van der Waals surface area contributed by atoms with Gasteiger partial charge in [0, 0.05) is 5.69 Å². The van der Waals surface area contributed by atoms with Gasteiger partial charge in [0.15, 0.2) is 5.60 Å². The van der Waals surface area contributed by atoms with E-state index in [0.29, 0.717) is 0 Å². The highest BCUT2D eigenvalue weighted by Gasteiger charge is 2.43. The fourth-order valence-corrected chi connectivity index (χ4v) is 1.93. The summed E-state index contributed by atoms with van der Waals surface area (Å²) in [6.07, 6.45) is -4.47. The molecule has 1 N–H and O–H groups in total. The lowest BCUT2D eigenvalue weighted by Gasteiger charge is -2.37. The number of halogens is 3. The van der Waals surface area contributed by atoms with Crippen molar-refractivity contribution in [3.8, 4) is 0 Å². The van der Waals surface area contributed by atoms with Crippen molar-refractivity contribution in [1.82, 2.24) is 0 Å². The maximum absolute atomic E-state index is 12.5. The second-order valence-corrected chi connectivity index (χ2v) is 4.85. The number of carboxylic acids is 1. The average Bonchev–Trinajstić information content (AvgIpc) is 2.41. The molecule has 5 nitrogen and oxygen atoms in total. The largest absolute Gasteiger partial charge is 0.479 e.